The van der Waals surface area contributed by atoms with E-state index in [-0.39, 0.29) is 41.7 Å². The third-order valence-electron chi connectivity index (χ3n) is 6.13. The Morgan fingerprint density at radius 1 is 0.933 bits per heavy atom. The number of nitrogens with zero attached hydrogens (tertiary/aromatic N) is 1. The molecule has 0 saturated carbocycles. The first-order valence-electron chi connectivity index (χ1n) is 13.8. The van der Waals surface area contributed by atoms with E-state index in [0.29, 0.717) is 11.3 Å². The summed E-state index contributed by atoms with van der Waals surface area (Å²) >= 11 is 1.28. The molecule has 2 aliphatic heterocycles. The van der Waals surface area contributed by atoms with Crippen molar-refractivity contribution in [2.45, 2.75) is 51.6 Å². The zero-order valence-corrected chi connectivity index (χ0v) is 26.1. The molecule has 13 nitrogen and oxygen atoms in total. The smallest absolute Gasteiger partial charge is 0.355 e. The standard InChI is InChI=1S/C31H32N2O11S/c1-17(34)42-22-12-11-19(13-23(22)43-18(2)35)29(38)41-14-20-16-45-28-25(32-24(36)15-40-21-9-7-6-8-10-21)27(37)33(28)26(20)30(39)44-31(3,4)5/h6-13,25,28H,14-16H2,1-5H3,(H,32,36)/t25-,28-/m0/s1. The summed E-state index contributed by atoms with van der Waals surface area (Å²) in [6.07, 6.45) is 0. The van der Waals surface area contributed by atoms with Gasteiger partial charge in [0.15, 0.2) is 18.1 Å². The number of rotatable bonds is 10. The van der Waals surface area contributed by atoms with Gasteiger partial charge < -0.3 is 29.0 Å². The minimum atomic E-state index is -0.904. The molecular weight excluding hydrogens is 608 g/mol. The number of hydrogen-bond acceptors (Lipinski definition) is 12. The average molecular weight is 641 g/mol. The molecule has 2 aromatic rings. The van der Waals surface area contributed by atoms with Crippen LogP contribution in [0.25, 0.3) is 0 Å². The van der Waals surface area contributed by atoms with Gasteiger partial charge in [-0.3, -0.25) is 24.1 Å². The predicted molar refractivity (Wildman–Crippen MR) is 159 cm³/mol. The minimum Gasteiger partial charge on any atom is -0.484 e. The van der Waals surface area contributed by atoms with Gasteiger partial charge in [0.25, 0.3) is 11.8 Å². The van der Waals surface area contributed by atoms with Crippen molar-refractivity contribution in [2.75, 3.05) is 19.0 Å². The van der Waals surface area contributed by atoms with E-state index in [1.165, 1.54) is 41.8 Å². The molecule has 0 unspecified atom stereocenters. The first-order chi connectivity index (χ1) is 21.2. The highest BCUT2D eigenvalue weighted by molar-refractivity contribution is 8.00. The van der Waals surface area contributed by atoms with Crippen LogP contribution in [0.3, 0.4) is 0 Å². The molecule has 0 aromatic heterocycles. The molecule has 1 saturated heterocycles. The Morgan fingerprint density at radius 2 is 1.60 bits per heavy atom. The molecule has 1 N–H and O–H groups in total. The Bertz CT molecular complexity index is 1550. The number of thioether (sulfide) groups is 1. The van der Waals surface area contributed by atoms with Crippen LogP contribution in [0.4, 0.5) is 0 Å². The van der Waals surface area contributed by atoms with Crippen LogP contribution in [0.2, 0.25) is 0 Å². The van der Waals surface area contributed by atoms with Crippen LogP contribution < -0.4 is 19.5 Å². The van der Waals surface area contributed by atoms with Gasteiger partial charge in [-0.1, -0.05) is 18.2 Å². The molecular formula is C31H32N2O11S. The molecule has 0 bridgehead atoms. The molecule has 1 fully saturated rings. The summed E-state index contributed by atoms with van der Waals surface area (Å²) in [6.45, 7) is 6.67. The molecule has 0 aliphatic carbocycles. The maximum atomic E-state index is 13.3. The second kappa shape index (κ2) is 13.8. The second-order valence-electron chi connectivity index (χ2n) is 10.9. The number of β-lactam (4-membered cyclic amide) rings is 1. The number of esters is 4. The molecule has 2 atom stereocenters. The largest absolute Gasteiger partial charge is 0.484 e. The molecule has 2 aromatic carbocycles. The second-order valence-corrected chi connectivity index (χ2v) is 12.0. The van der Waals surface area contributed by atoms with Crippen molar-refractivity contribution in [3.05, 3.63) is 65.4 Å². The first kappa shape index (κ1) is 33.1. The summed E-state index contributed by atoms with van der Waals surface area (Å²) in [5.41, 5.74) is -0.660. The molecule has 4 rings (SSSR count). The number of hydrogen-bond donors (Lipinski definition) is 1. The third kappa shape index (κ3) is 8.41. The van der Waals surface area contributed by atoms with E-state index in [2.05, 4.69) is 5.32 Å². The van der Waals surface area contributed by atoms with Gasteiger partial charge in [0.05, 0.1) is 5.56 Å². The number of nitrogens with one attached hydrogen (secondary N) is 1. The van der Waals surface area contributed by atoms with Crippen molar-refractivity contribution in [3.8, 4) is 17.2 Å². The maximum Gasteiger partial charge on any atom is 0.355 e. The highest BCUT2D eigenvalue weighted by atomic mass is 32.2. The van der Waals surface area contributed by atoms with E-state index >= 15 is 0 Å². The topological polar surface area (TPSA) is 164 Å². The van der Waals surface area contributed by atoms with Gasteiger partial charge >= 0.3 is 23.9 Å². The first-order valence-corrected chi connectivity index (χ1v) is 14.8. The number of ether oxygens (including phenoxy) is 5. The van der Waals surface area contributed by atoms with Crippen molar-refractivity contribution < 1.29 is 52.5 Å². The quantitative estimate of drug-likeness (QED) is 0.230. The normalized spacial score (nSPS) is 17.4. The number of benzene rings is 2. The lowest BCUT2D eigenvalue weighted by Gasteiger charge is -2.49. The molecule has 45 heavy (non-hydrogen) atoms. The Kier molecular flexibility index (Phi) is 10.2. The molecule has 2 aliphatic rings. The van der Waals surface area contributed by atoms with Gasteiger partial charge in [-0.2, -0.15) is 0 Å². The van der Waals surface area contributed by atoms with Crippen LogP contribution in [-0.2, 0) is 33.4 Å². The van der Waals surface area contributed by atoms with Gasteiger partial charge in [0, 0.05) is 25.2 Å². The number of carbonyl (C=O) groups is 6. The van der Waals surface area contributed by atoms with Crippen LogP contribution in [0.15, 0.2) is 59.8 Å². The van der Waals surface area contributed by atoms with Crippen LogP contribution in [0, 0.1) is 0 Å². The number of amides is 2. The number of para-hydroxylation sites is 1. The van der Waals surface area contributed by atoms with E-state index in [0.717, 1.165) is 6.92 Å². The SMILES string of the molecule is CC(=O)Oc1ccc(C(=O)OCC2=C(C(=O)OC(C)(C)C)N3C(=O)[C@H](NC(=O)COc4ccccc4)[C@@H]3SC2)cc1OC(C)=O. The van der Waals surface area contributed by atoms with Crippen molar-refractivity contribution >= 4 is 47.5 Å². The molecule has 238 valence electrons. The van der Waals surface area contributed by atoms with Crippen LogP contribution >= 0.6 is 11.8 Å². The predicted octanol–water partition coefficient (Wildman–Crippen LogP) is 2.77. The zero-order chi connectivity index (χ0) is 32.9. The van der Waals surface area contributed by atoms with E-state index < -0.39 is 52.7 Å². The summed E-state index contributed by atoms with van der Waals surface area (Å²) in [4.78, 5) is 76.3. The van der Waals surface area contributed by atoms with Gasteiger partial charge in [-0.05, 0) is 51.1 Å². The highest BCUT2D eigenvalue weighted by Gasteiger charge is 2.54. The molecule has 0 radical (unpaired) electrons. The lowest BCUT2D eigenvalue weighted by molar-refractivity contribution is -0.159. The number of fused-ring (bicyclic) bond motifs is 1. The maximum absolute atomic E-state index is 13.3. The molecule has 14 heteroatoms. The summed E-state index contributed by atoms with van der Waals surface area (Å²) in [5.74, 6) is -3.56. The molecule has 0 spiro atoms. The van der Waals surface area contributed by atoms with Crippen molar-refractivity contribution in [1.29, 1.82) is 0 Å². The Balaban J connectivity index is 1.49. The lowest BCUT2D eigenvalue weighted by atomic mass is 10.0. The van der Waals surface area contributed by atoms with E-state index in [4.69, 9.17) is 23.7 Å². The van der Waals surface area contributed by atoms with E-state index in [1.807, 2.05) is 6.07 Å². The van der Waals surface area contributed by atoms with Gasteiger partial charge in [0.2, 0.25) is 0 Å². The summed E-state index contributed by atoms with van der Waals surface area (Å²) in [5, 5.41) is 2.06. The fourth-order valence-corrected chi connectivity index (χ4v) is 5.66. The van der Waals surface area contributed by atoms with Crippen LogP contribution in [0.5, 0.6) is 17.2 Å². The van der Waals surface area contributed by atoms with Crippen LogP contribution in [0.1, 0.15) is 45.0 Å². The lowest BCUT2D eigenvalue weighted by Crippen LogP contribution is -2.71. The van der Waals surface area contributed by atoms with Crippen molar-refractivity contribution in [3.63, 3.8) is 0 Å². The monoisotopic (exact) mass is 640 g/mol. The molecule has 2 amide bonds. The summed E-state index contributed by atoms with van der Waals surface area (Å²) < 4.78 is 26.6. The Labute approximate surface area is 263 Å². The van der Waals surface area contributed by atoms with Crippen LogP contribution in [-0.4, -0.2) is 76.6 Å². The highest BCUT2D eigenvalue weighted by Crippen LogP contribution is 2.41. The van der Waals surface area contributed by atoms with Gasteiger partial charge in [-0.15, -0.1) is 11.8 Å². The number of carbonyl (C=O) groups excluding carboxylic acids is 6. The van der Waals surface area contributed by atoms with Crippen molar-refractivity contribution in [2.24, 2.45) is 0 Å². The van der Waals surface area contributed by atoms with Gasteiger partial charge in [-0.25, -0.2) is 9.59 Å². The van der Waals surface area contributed by atoms with E-state index in [9.17, 15) is 28.8 Å². The average Bonchev–Trinajstić information content (AvgIpc) is 2.97. The summed E-state index contributed by atoms with van der Waals surface area (Å²) in [7, 11) is 0. The summed E-state index contributed by atoms with van der Waals surface area (Å²) in [6, 6.07) is 11.6. The van der Waals surface area contributed by atoms with Crippen molar-refractivity contribution in [1.82, 2.24) is 10.2 Å². The van der Waals surface area contributed by atoms with E-state index in [1.54, 1.807) is 45.0 Å². The Hall–Kier alpha value is -4.85. The fourth-order valence-electron chi connectivity index (χ4n) is 4.33. The third-order valence-corrected chi connectivity index (χ3v) is 7.47. The molecule has 2 heterocycles. The minimum absolute atomic E-state index is 0.0246. The van der Waals surface area contributed by atoms with Gasteiger partial charge in [0.1, 0.15) is 35.1 Å². The fraction of sp³-hybridized carbons (Fsp3) is 0.355. The zero-order valence-electron chi connectivity index (χ0n) is 25.2. The Morgan fingerprint density at radius 3 is 2.24 bits per heavy atom.